The molecule has 0 aliphatic heterocycles. The van der Waals surface area contributed by atoms with Crippen molar-refractivity contribution < 1.29 is 17.1 Å². The normalized spacial score (nSPS) is 9.47. The fraction of sp³-hybridized carbons (Fsp3) is 1.00. The van der Waals surface area contributed by atoms with Crippen molar-refractivity contribution in [3.05, 3.63) is 10.6 Å². The molecule has 3 heteroatoms. The summed E-state index contributed by atoms with van der Waals surface area (Å²) in [5.74, 6) is 0. The molecule has 0 fully saturated rings. The summed E-state index contributed by atoms with van der Waals surface area (Å²) >= 11 is 0. The molecule has 0 aromatic rings. The van der Waals surface area contributed by atoms with E-state index in [1.54, 1.807) is 0 Å². The van der Waals surface area contributed by atoms with E-state index in [-0.39, 0.29) is 17.1 Å². The summed E-state index contributed by atoms with van der Waals surface area (Å²) in [7, 11) is 0. The molecule has 0 aliphatic carbocycles. The molecule has 0 bridgehead atoms. The van der Waals surface area contributed by atoms with E-state index in [0.717, 1.165) is 26.2 Å². The van der Waals surface area contributed by atoms with Crippen LogP contribution in [-0.4, -0.2) is 26.2 Å². The maximum Gasteiger partial charge on any atom is 2.00 e. The van der Waals surface area contributed by atoms with Gasteiger partial charge < -0.3 is 10.6 Å². The Hall–Kier alpha value is 0.439. The minimum Gasteiger partial charge on any atom is -0.662 e. The van der Waals surface area contributed by atoms with Gasteiger partial charge in [-0.05, 0) is 0 Å². The zero-order valence-electron chi connectivity index (χ0n) is 13.7. The van der Waals surface area contributed by atoms with Crippen molar-refractivity contribution in [3.8, 4) is 0 Å². The van der Waals surface area contributed by atoms with Crippen LogP contribution < -0.4 is 0 Å². The van der Waals surface area contributed by atoms with E-state index in [2.05, 4.69) is 38.3 Å². The quantitative estimate of drug-likeness (QED) is 0.315. The molecule has 19 heavy (non-hydrogen) atoms. The van der Waals surface area contributed by atoms with Gasteiger partial charge in [0, 0.05) is 0 Å². The average molecular weight is 320 g/mol. The Morgan fingerprint density at radius 1 is 0.474 bits per heavy atom. The van der Waals surface area contributed by atoms with Gasteiger partial charge in [0.25, 0.3) is 0 Å². The molecule has 0 aromatic carbocycles. The largest absolute Gasteiger partial charge is 2.00 e. The molecule has 0 saturated carbocycles. The number of unbranched alkanes of at least 4 members (excludes halogenated alkanes) is 4. The third-order valence-electron chi connectivity index (χ3n) is 2.68. The summed E-state index contributed by atoms with van der Waals surface area (Å²) in [5.41, 5.74) is 0. The summed E-state index contributed by atoms with van der Waals surface area (Å²) in [5, 5.41) is 8.70. The Morgan fingerprint density at radius 3 is 0.842 bits per heavy atom. The van der Waals surface area contributed by atoms with Crippen LogP contribution in [0.3, 0.4) is 0 Å². The molecule has 1 radical (unpaired) electrons. The molecule has 0 aromatic heterocycles. The van der Waals surface area contributed by atoms with Crippen LogP contribution in [0.1, 0.15) is 79.1 Å². The fourth-order valence-corrected chi connectivity index (χ4v) is 1.30. The second-order valence-corrected chi connectivity index (χ2v) is 4.76. The standard InChI is InChI=1S/2C8H18N.Cu/c2*1-3-5-7-9-8-6-4-2;/h2*3-8H2,1-2H3;/q2*-1;+2. The molecule has 0 heterocycles. The molecular weight excluding hydrogens is 284 g/mol. The first-order valence-electron chi connectivity index (χ1n) is 8.09. The zero-order valence-corrected chi connectivity index (χ0v) is 14.6. The minimum atomic E-state index is 0. The van der Waals surface area contributed by atoms with E-state index >= 15 is 0 Å². The van der Waals surface area contributed by atoms with E-state index in [0.29, 0.717) is 0 Å². The van der Waals surface area contributed by atoms with E-state index in [4.69, 9.17) is 0 Å². The van der Waals surface area contributed by atoms with E-state index in [9.17, 15) is 0 Å². The number of hydrogen-bond donors (Lipinski definition) is 0. The molecule has 0 saturated heterocycles. The Balaban J connectivity index is -0.000000256. The van der Waals surface area contributed by atoms with Gasteiger partial charge in [-0.3, -0.25) is 0 Å². The number of nitrogens with zero attached hydrogens (tertiary/aromatic N) is 2. The summed E-state index contributed by atoms with van der Waals surface area (Å²) in [4.78, 5) is 0. The van der Waals surface area contributed by atoms with Crippen LogP contribution in [0, 0.1) is 0 Å². The van der Waals surface area contributed by atoms with Crippen LogP contribution in [0.25, 0.3) is 10.6 Å². The SMILES string of the molecule is CCCC[N-]CCCC.CCCC[N-]CCCC.[Cu+2]. The van der Waals surface area contributed by atoms with Crippen molar-refractivity contribution in [1.29, 1.82) is 0 Å². The smallest absolute Gasteiger partial charge is 0.662 e. The minimum absolute atomic E-state index is 0. The maximum atomic E-state index is 4.35. The van der Waals surface area contributed by atoms with Crippen molar-refractivity contribution in [3.63, 3.8) is 0 Å². The van der Waals surface area contributed by atoms with Crippen LogP contribution in [0.15, 0.2) is 0 Å². The predicted octanol–water partition coefficient (Wildman–Crippen LogP) is 5.92. The Labute approximate surface area is 133 Å². The molecule has 0 atom stereocenters. The molecular formula is C16H36CuN2. The van der Waals surface area contributed by atoms with Gasteiger partial charge in [0.05, 0.1) is 0 Å². The van der Waals surface area contributed by atoms with Gasteiger partial charge >= 0.3 is 17.1 Å². The summed E-state index contributed by atoms with van der Waals surface area (Å²) < 4.78 is 0. The fourth-order valence-electron chi connectivity index (χ4n) is 1.30. The Bertz CT molecular complexity index is 95.3. The summed E-state index contributed by atoms with van der Waals surface area (Å²) in [6.45, 7) is 13.1. The molecule has 121 valence electrons. The first-order chi connectivity index (χ1) is 8.83. The van der Waals surface area contributed by atoms with Gasteiger partial charge in [-0.25, -0.2) is 0 Å². The molecule has 0 spiro atoms. The van der Waals surface area contributed by atoms with Crippen LogP contribution >= 0.6 is 0 Å². The molecule has 0 unspecified atom stereocenters. The van der Waals surface area contributed by atoms with Gasteiger partial charge in [-0.2, -0.15) is 0 Å². The van der Waals surface area contributed by atoms with Crippen molar-refractivity contribution >= 4 is 0 Å². The van der Waals surface area contributed by atoms with Gasteiger partial charge in [-0.1, -0.05) is 79.1 Å². The Kier molecular flexibility index (Phi) is 34.6. The molecule has 0 aliphatic rings. The van der Waals surface area contributed by atoms with Crippen molar-refractivity contribution in [2.24, 2.45) is 0 Å². The predicted molar refractivity (Wildman–Crippen MR) is 85.8 cm³/mol. The van der Waals surface area contributed by atoms with Gasteiger partial charge in [0.1, 0.15) is 0 Å². The molecule has 2 nitrogen and oxygen atoms in total. The first kappa shape index (κ1) is 24.5. The second kappa shape index (κ2) is 26.9. The summed E-state index contributed by atoms with van der Waals surface area (Å²) in [6, 6.07) is 0. The van der Waals surface area contributed by atoms with Crippen LogP contribution in [0.5, 0.6) is 0 Å². The van der Waals surface area contributed by atoms with Crippen LogP contribution in [0.2, 0.25) is 0 Å². The summed E-state index contributed by atoms with van der Waals surface area (Å²) in [6.07, 6.45) is 10.2. The topological polar surface area (TPSA) is 28.2 Å². The molecule has 0 amide bonds. The van der Waals surface area contributed by atoms with E-state index in [1.807, 2.05) is 0 Å². The number of hydrogen-bond acceptors (Lipinski definition) is 0. The van der Waals surface area contributed by atoms with Crippen molar-refractivity contribution in [2.75, 3.05) is 26.2 Å². The van der Waals surface area contributed by atoms with Crippen LogP contribution in [-0.2, 0) is 17.1 Å². The van der Waals surface area contributed by atoms with Crippen molar-refractivity contribution in [2.45, 2.75) is 79.1 Å². The zero-order chi connectivity index (χ0) is 13.9. The molecule has 0 rings (SSSR count). The van der Waals surface area contributed by atoms with Gasteiger partial charge in [-0.15, -0.1) is 26.2 Å². The molecule has 0 N–H and O–H groups in total. The van der Waals surface area contributed by atoms with Crippen LogP contribution in [0.4, 0.5) is 0 Å². The van der Waals surface area contributed by atoms with Gasteiger partial charge in [0.2, 0.25) is 0 Å². The second-order valence-electron chi connectivity index (χ2n) is 4.76. The van der Waals surface area contributed by atoms with E-state index < -0.39 is 0 Å². The number of rotatable bonds is 12. The monoisotopic (exact) mass is 319 g/mol. The van der Waals surface area contributed by atoms with Crippen molar-refractivity contribution in [1.82, 2.24) is 0 Å². The average Bonchev–Trinajstić information content (AvgIpc) is 2.39. The first-order valence-corrected chi connectivity index (χ1v) is 8.09. The Morgan fingerprint density at radius 2 is 0.684 bits per heavy atom. The van der Waals surface area contributed by atoms with E-state index in [1.165, 1.54) is 51.4 Å². The third kappa shape index (κ3) is 32.2. The third-order valence-corrected chi connectivity index (χ3v) is 2.68. The van der Waals surface area contributed by atoms with Gasteiger partial charge in [0.15, 0.2) is 0 Å². The maximum absolute atomic E-state index is 4.35.